The van der Waals surface area contributed by atoms with Crippen molar-refractivity contribution in [2.75, 3.05) is 5.73 Å². The molecule has 21 heavy (non-hydrogen) atoms. The molecule has 3 aromatic rings. The van der Waals surface area contributed by atoms with Gasteiger partial charge in [0.25, 0.3) is 0 Å². The lowest BCUT2D eigenvalue weighted by molar-refractivity contribution is 0.590. The predicted octanol–water partition coefficient (Wildman–Crippen LogP) is 2.30. The highest BCUT2D eigenvalue weighted by Gasteiger charge is 2.17. The first-order valence-electron chi connectivity index (χ1n) is 6.48. The van der Waals surface area contributed by atoms with E-state index >= 15 is 0 Å². The summed E-state index contributed by atoms with van der Waals surface area (Å²) in [5.74, 6) is -1.21. The van der Waals surface area contributed by atoms with E-state index in [-0.39, 0.29) is 11.5 Å². The van der Waals surface area contributed by atoms with Crippen LogP contribution < -0.4 is 5.73 Å². The average molecular weight is 291 g/mol. The summed E-state index contributed by atoms with van der Waals surface area (Å²) in [7, 11) is 1.85. The van der Waals surface area contributed by atoms with Crippen molar-refractivity contribution < 1.29 is 8.78 Å². The number of aromatic nitrogens is 4. The smallest absolute Gasteiger partial charge is 0.201 e. The molecule has 3 rings (SSSR count). The van der Waals surface area contributed by atoms with Crippen molar-refractivity contribution in [2.24, 2.45) is 7.05 Å². The van der Waals surface area contributed by atoms with Crippen molar-refractivity contribution in [2.45, 2.75) is 20.4 Å². The molecule has 0 aliphatic heterocycles. The second-order valence-electron chi connectivity index (χ2n) is 5.08. The second-order valence-corrected chi connectivity index (χ2v) is 5.08. The summed E-state index contributed by atoms with van der Waals surface area (Å²) in [6, 6.07) is 2.04. The summed E-state index contributed by atoms with van der Waals surface area (Å²) in [5.41, 5.74) is 9.08. The number of nitrogens with two attached hydrogens (primary N) is 1. The maximum absolute atomic E-state index is 13.8. The van der Waals surface area contributed by atoms with Crippen molar-refractivity contribution in [3.8, 4) is 0 Å². The van der Waals surface area contributed by atoms with E-state index in [0.29, 0.717) is 12.1 Å². The van der Waals surface area contributed by atoms with Crippen LogP contribution in [-0.4, -0.2) is 19.3 Å². The molecule has 7 heteroatoms. The van der Waals surface area contributed by atoms with Crippen LogP contribution in [0.5, 0.6) is 0 Å². The Morgan fingerprint density at radius 2 is 1.95 bits per heavy atom. The highest BCUT2D eigenvalue weighted by molar-refractivity contribution is 5.79. The molecule has 0 saturated carbocycles. The van der Waals surface area contributed by atoms with Gasteiger partial charge in [-0.05, 0) is 13.8 Å². The van der Waals surface area contributed by atoms with Gasteiger partial charge in [-0.25, -0.2) is 13.8 Å². The van der Waals surface area contributed by atoms with Crippen molar-refractivity contribution in [1.29, 1.82) is 0 Å². The Balaban J connectivity index is 2.19. The largest absolute Gasteiger partial charge is 0.369 e. The highest BCUT2D eigenvalue weighted by Crippen LogP contribution is 2.24. The number of rotatable bonds is 2. The fraction of sp³-hybridized carbons (Fsp3) is 0.286. The SMILES string of the molecule is Cc1nn(C)c(C)c1Cn1c(N)nc2c(F)cc(F)cc21. The van der Waals surface area contributed by atoms with Gasteiger partial charge in [0.1, 0.15) is 11.3 Å². The zero-order valence-electron chi connectivity index (χ0n) is 12.0. The third-order valence-corrected chi connectivity index (χ3v) is 3.78. The van der Waals surface area contributed by atoms with Gasteiger partial charge < -0.3 is 10.3 Å². The summed E-state index contributed by atoms with van der Waals surface area (Å²) in [6.07, 6.45) is 0. The van der Waals surface area contributed by atoms with E-state index in [2.05, 4.69) is 10.1 Å². The maximum Gasteiger partial charge on any atom is 0.201 e. The molecule has 0 atom stereocenters. The van der Waals surface area contributed by atoms with E-state index < -0.39 is 11.6 Å². The number of aryl methyl sites for hydroxylation is 2. The quantitative estimate of drug-likeness (QED) is 0.788. The number of anilines is 1. The van der Waals surface area contributed by atoms with Crippen molar-refractivity contribution in [1.82, 2.24) is 19.3 Å². The van der Waals surface area contributed by atoms with E-state index in [1.165, 1.54) is 6.07 Å². The minimum Gasteiger partial charge on any atom is -0.369 e. The molecule has 2 heterocycles. The van der Waals surface area contributed by atoms with Gasteiger partial charge in [-0.2, -0.15) is 5.10 Å². The normalized spacial score (nSPS) is 11.5. The van der Waals surface area contributed by atoms with Crippen LogP contribution in [0.15, 0.2) is 12.1 Å². The van der Waals surface area contributed by atoms with Crippen LogP contribution >= 0.6 is 0 Å². The van der Waals surface area contributed by atoms with E-state index in [4.69, 9.17) is 5.73 Å². The Hall–Kier alpha value is -2.44. The molecular formula is C14H15F2N5. The number of fused-ring (bicyclic) bond motifs is 1. The first-order chi connectivity index (χ1) is 9.88. The molecule has 0 amide bonds. The summed E-state index contributed by atoms with van der Waals surface area (Å²) in [5, 5.41) is 4.33. The standard InChI is InChI=1S/C14H15F2N5/c1-7-10(8(2)20(3)19-7)6-21-12-5-9(15)4-11(16)13(12)18-14(21)17/h4-5H,6H2,1-3H3,(H2,17,18). The fourth-order valence-electron chi connectivity index (χ4n) is 2.54. The first-order valence-corrected chi connectivity index (χ1v) is 6.48. The molecule has 1 aromatic carbocycles. The Bertz CT molecular complexity index is 847. The summed E-state index contributed by atoms with van der Waals surface area (Å²) >= 11 is 0. The topological polar surface area (TPSA) is 61.7 Å². The van der Waals surface area contributed by atoms with E-state index in [1.54, 1.807) is 9.25 Å². The van der Waals surface area contributed by atoms with Gasteiger partial charge >= 0.3 is 0 Å². The lowest BCUT2D eigenvalue weighted by Gasteiger charge is -2.07. The Morgan fingerprint density at radius 1 is 1.24 bits per heavy atom. The first kappa shape index (κ1) is 13.5. The predicted molar refractivity (Wildman–Crippen MR) is 75.8 cm³/mol. The van der Waals surface area contributed by atoms with Crippen molar-refractivity contribution in [3.63, 3.8) is 0 Å². The molecule has 2 aromatic heterocycles. The zero-order valence-corrected chi connectivity index (χ0v) is 12.0. The van der Waals surface area contributed by atoms with Crippen LogP contribution in [0.4, 0.5) is 14.7 Å². The average Bonchev–Trinajstić information content (AvgIpc) is 2.83. The molecular weight excluding hydrogens is 276 g/mol. The number of hydrogen-bond donors (Lipinski definition) is 1. The molecule has 5 nitrogen and oxygen atoms in total. The van der Waals surface area contributed by atoms with Gasteiger partial charge in [-0.3, -0.25) is 4.68 Å². The van der Waals surface area contributed by atoms with Crippen molar-refractivity contribution in [3.05, 3.63) is 40.7 Å². The third kappa shape index (κ3) is 2.05. The number of benzene rings is 1. The Labute approximate surface area is 120 Å². The molecule has 0 spiro atoms. The zero-order chi connectivity index (χ0) is 15.3. The van der Waals surface area contributed by atoms with Crippen molar-refractivity contribution >= 4 is 17.0 Å². The van der Waals surface area contributed by atoms with Gasteiger partial charge in [0.2, 0.25) is 5.95 Å². The minimum atomic E-state index is -0.713. The maximum atomic E-state index is 13.8. The van der Waals surface area contributed by atoms with Gasteiger partial charge in [-0.1, -0.05) is 0 Å². The highest BCUT2D eigenvalue weighted by atomic mass is 19.1. The van der Waals surface area contributed by atoms with Gasteiger partial charge in [0.05, 0.1) is 17.8 Å². The van der Waals surface area contributed by atoms with Crippen LogP contribution in [0.1, 0.15) is 17.0 Å². The van der Waals surface area contributed by atoms with Crippen LogP contribution in [0.2, 0.25) is 0 Å². The van der Waals surface area contributed by atoms with E-state index in [1.807, 2.05) is 20.9 Å². The van der Waals surface area contributed by atoms with E-state index in [9.17, 15) is 8.78 Å². The number of imidazole rings is 1. The Morgan fingerprint density at radius 3 is 2.57 bits per heavy atom. The molecule has 0 saturated heterocycles. The molecule has 0 unspecified atom stereocenters. The van der Waals surface area contributed by atoms with E-state index in [0.717, 1.165) is 23.0 Å². The molecule has 0 fully saturated rings. The summed E-state index contributed by atoms with van der Waals surface area (Å²) in [6.45, 7) is 4.20. The number of nitrogen functional groups attached to an aromatic ring is 1. The minimum absolute atomic E-state index is 0.0769. The molecule has 0 aliphatic rings. The number of nitrogens with zero attached hydrogens (tertiary/aromatic N) is 4. The van der Waals surface area contributed by atoms with Gasteiger partial charge in [-0.15, -0.1) is 0 Å². The summed E-state index contributed by atoms with van der Waals surface area (Å²) < 4.78 is 30.6. The Kier molecular flexibility index (Phi) is 2.93. The molecule has 110 valence electrons. The van der Waals surface area contributed by atoms with Crippen LogP contribution in [-0.2, 0) is 13.6 Å². The third-order valence-electron chi connectivity index (χ3n) is 3.78. The fourth-order valence-corrected chi connectivity index (χ4v) is 2.54. The number of halogens is 2. The van der Waals surface area contributed by atoms with Gasteiger partial charge in [0.15, 0.2) is 5.82 Å². The number of hydrogen-bond acceptors (Lipinski definition) is 3. The second kappa shape index (κ2) is 4.54. The lowest BCUT2D eigenvalue weighted by atomic mass is 10.2. The van der Waals surface area contributed by atoms with Crippen LogP contribution in [0.25, 0.3) is 11.0 Å². The molecule has 0 radical (unpaired) electrons. The lowest BCUT2D eigenvalue weighted by Crippen LogP contribution is -2.06. The molecule has 0 aliphatic carbocycles. The summed E-state index contributed by atoms with van der Waals surface area (Å²) in [4.78, 5) is 3.99. The van der Waals surface area contributed by atoms with Gasteiger partial charge in [0, 0.05) is 30.4 Å². The monoisotopic (exact) mass is 291 g/mol. The molecule has 0 bridgehead atoms. The van der Waals surface area contributed by atoms with Crippen LogP contribution in [0, 0.1) is 25.5 Å². The molecule has 2 N–H and O–H groups in total. The van der Waals surface area contributed by atoms with Crippen LogP contribution in [0.3, 0.4) is 0 Å².